The van der Waals surface area contributed by atoms with Crippen molar-refractivity contribution >= 4 is 5.91 Å². The molecule has 5 heteroatoms. The Morgan fingerprint density at radius 3 is 2.54 bits per heavy atom. The molecule has 0 aliphatic heterocycles. The van der Waals surface area contributed by atoms with Crippen molar-refractivity contribution in [3.63, 3.8) is 0 Å². The molecule has 1 amide bonds. The highest BCUT2D eigenvalue weighted by atomic mass is 16.5. The molecule has 1 aromatic heterocycles. The first kappa shape index (κ1) is 19.9. The summed E-state index contributed by atoms with van der Waals surface area (Å²) in [5.41, 5.74) is 3.20. The van der Waals surface area contributed by atoms with Crippen molar-refractivity contribution < 1.29 is 9.53 Å². The second kappa shape index (κ2) is 8.88. The van der Waals surface area contributed by atoms with E-state index in [1.54, 1.807) is 18.3 Å². The number of hydrogen-bond donors (Lipinski definition) is 1. The minimum atomic E-state index is -0.109. The summed E-state index contributed by atoms with van der Waals surface area (Å²) in [5, 5.41) is 12.1. The van der Waals surface area contributed by atoms with Crippen LogP contribution >= 0.6 is 0 Å². The summed E-state index contributed by atoms with van der Waals surface area (Å²) < 4.78 is 6.07. The van der Waals surface area contributed by atoms with Gasteiger partial charge < -0.3 is 10.1 Å². The first-order valence-electron chi connectivity index (χ1n) is 9.90. The summed E-state index contributed by atoms with van der Waals surface area (Å²) in [6.45, 7) is 6.13. The Labute approximate surface area is 166 Å². The van der Waals surface area contributed by atoms with Crippen LogP contribution in [0.5, 0.6) is 5.75 Å². The standard InChI is InChI=1S/C23H27N3O2/c1-15(2)18-5-11-22(25-14-18)23(27)26-19-6-9-20(10-7-19)28-21-8-4-17(13-24)16(3)12-21/h4-5,8,11-12,14-15,19-20H,6-7,9-10H2,1-3H3,(H,26,27). The van der Waals surface area contributed by atoms with E-state index >= 15 is 0 Å². The zero-order valence-corrected chi connectivity index (χ0v) is 16.7. The Morgan fingerprint density at radius 2 is 1.96 bits per heavy atom. The van der Waals surface area contributed by atoms with Gasteiger partial charge in [-0.25, -0.2) is 0 Å². The number of ether oxygens (including phenoxy) is 1. The number of nitriles is 1. The molecule has 1 fully saturated rings. The van der Waals surface area contributed by atoms with E-state index in [2.05, 4.69) is 30.2 Å². The number of pyridine rings is 1. The number of aromatic nitrogens is 1. The second-order valence-corrected chi connectivity index (χ2v) is 7.78. The Morgan fingerprint density at radius 1 is 1.21 bits per heavy atom. The summed E-state index contributed by atoms with van der Waals surface area (Å²) in [6, 6.07) is 11.7. The first-order valence-corrected chi connectivity index (χ1v) is 9.90. The Bertz CT molecular complexity index is 860. The van der Waals surface area contributed by atoms with Crippen LogP contribution in [0.3, 0.4) is 0 Å². The van der Waals surface area contributed by atoms with Gasteiger partial charge in [0.05, 0.1) is 17.7 Å². The van der Waals surface area contributed by atoms with Crippen molar-refractivity contribution in [1.29, 1.82) is 5.26 Å². The number of nitrogens with zero attached hydrogens (tertiary/aromatic N) is 2. The molecule has 28 heavy (non-hydrogen) atoms. The lowest BCUT2D eigenvalue weighted by Crippen LogP contribution is -2.40. The molecule has 146 valence electrons. The van der Waals surface area contributed by atoms with Crippen LogP contribution in [0.2, 0.25) is 0 Å². The molecule has 1 N–H and O–H groups in total. The molecule has 1 saturated carbocycles. The van der Waals surface area contributed by atoms with E-state index in [0.29, 0.717) is 17.2 Å². The Hall–Kier alpha value is -2.87. The molecule has 1 aromatic carbocycles. The third kappa shape index (κ3) is 4.89. The van der Waals surface area contributed by atoms with Gasteiger partial charge in [-0.2, -0.15) is 5.26 Å². The summed E-state index contributed by atoms with van der Waals surface area (Å²) in [6.07, 6.45) is 5.48. The molecule has 1 aliphatic carbocycles. The van der Waals surface area contributed by atoms with Gasteiger partial charge in [0.1, 0.15) is 11.4 Å². The maximum Gasteiger partial charge on any atom is 0.270 e. The van der Waals surface area contributed by atoms with E-state index in [-0.39, 0.29) is 18.1 Å². The molecule has 0 unspecified atom stereocenters. The van der Waals surface area contributed by atoms with Crippen LogP contribution in [-0.2, 0) is 0 Å². The van der Waals surface area contributed by atoms with Crippen LogP contribution < -0.4 is 10.1 Å². The zero-order chi connectivity index (χ0) is 20.1. The van der Waals surface area contributed by atoms with Gasteiger partial charge in [-0.05, 0) is 73.9 Å². The average Bonchev–Trinajstić information content (AvgIpc) is 2.69. The Kier molecular flexibility index (Phi) is 6.30. The monoisotopic (exact) mass is 377 g/mol. The number of rotatable bonds is 5. The predicted octanol–water partition coefficient (Wildman–Crippen LogP) is 4.51. The average molecular weight is 377 g/mol. The van der Waals surface area contributed by atoms with Crippen LogP contribution in [0.4, 0.5) is 0 Å². The van der Waals surface area contributed by atoms with Crippen molar-refractivity contribution in [2.75, 3.05) is 0 Å². The van der Waals surface area contributed by atoms with Gasteiger partial charge in [0.15, 0.2) is 0 Å². The maximum atomic E-state index is 12.4. The predicted molar refractivity (Wildman–Crippen MR) is 108 cm³/mol. The fourth-order valence-corrected chi connectivity index (χ4v) is 3.49. The molecular formula is C23H27N3O2. The largest absolute Gasteiger partial charge is 0.490 e. The van der Waals surface area contributed by atoms with Gasteiger partial charge in [0, 0.05) is 12.2 Å². The molecule has 0 radical (unpaired) electrons. The SMILES string of the molecule is Cc1cc(OC2CCC(NC(=O)c3ccc(C(C)C)cn3)CC2)ccc1C#N. The number of benzene rings is 1. The number of hydrogen-bond acceptors (Lipinski definition) is 4. The van der Waals surface area contributed by atoms with Crippen LogP contribution in [-0.4, -0.2) is 23.0 Å². The van der Waals surface area contributed by atoms with Crippen LogP contribution in [0.15, 0.2) is 36.5 Å². The van der Waals surface area contributed by atoms with Crippen LogP contribution in [0, 0.1) is 18.3 Å². The smallest absolute Gasteiger partial charge is 0.270 e. The number of nitrogens with one attached hydrogen (secondary N) is 1. The van der Waals surface area contributed by atoms with E-state index < -0.39 is 0 Å². The lowest BCUT2D eigenvalue weighted by atomic mass is 9.92. The van der Waals surface area contributed by atoms with Gasteiger partial charge in [-0.1, -0.05) is 19.9 Å². The van der Waals surface area contributed by atoms with Crippen molar-refractivity contribution in [2.45, 2.75) is 64.5 Å². The summed E-state index contributed by atoms with van der Waals surface area (Å²) in [7, 11) is 0. The van der Waals surface area contributed by atoms with Gasteiger partial charge in [0.25, 0.3) is 5.91 Å². The van der Waals surface area contributed by atoms with E-state index in [1.165, 1.54) is 0 Å². The van der Waals surface area contributed by atoms with Gasteiger partial charge in [-0.15, -0.1) is 0 Å². The van der Waals surface area contributed by atoms with Crippen LogP contribution in [0.25, 0.3) is 0 Å². The minimum Gasteiger partial charge on any atom is -0.490 e. The normalized spacial score (nSPS) is 19.1. The minimum absolute atomic E-state index is 0.109. The highest BCUT2D eigenvalue weighted by Gasteiger charge is 2.24. The van der Waals surface area contributed by atoms with E-state index in [1.807, 2.05) is 25.1 Å². The fraction of sp³-hybridized carbons (Fsp3) is 0.435. The third-order valence-corrected chi connectivity index (χ3v) is 5.32. The molecule has 0 spiro atoms. The molecule has 0 atom stereocenters. The molecular weight excluding hydrogens is 350 g/mol. The highest BCUT2D eigenvalue weighted by molar-refractivity contribution is 5.92. The van der Waals surface area contributed by atoms with Crippen molar-refractivity contribution in [3.05, 3.63) is 58.9 Å². The van der Waals surface area contributed by atoms with Crippen molar-refractivity contribution in [1.82, 2.24) is 10.3 Å². The van der Waals surface area contributed by atoms with Crippen LogP contribution in [0.1, 0.15) is 72.6 Å². The van der Waals surface area contributed by atoms with Gasteiger partial charge in [-0.3, -0.25) is 9.78 Å². The number of carbonyl (C=O) groups excluding carboxylic acids is 1. The quantitative estimate of drug-likeness (QED) is 0.832. The second-order valence-electron chi connectivity index (χ2n) is 7.78. The van der Waals surface area contributed by atoms with Crippen molar-refractivity contribution in [3.8, 4) is 11.8 Å². The maximum absolute atomic E-state index is 12.4. The number of aryl methyl sites for hydroxylation is 1. The fourth-order valence-electron chi connectivity index (χ4n) is 3.49. The molecule has 1 aliphatic rings. The lowest BCUT2D eigenvalue weighted by Gasteiger charge is -2.29. The summed E-state index contributed by atoms with van der Waals surface area (Å²) in [5.74, 6) is 1.10. The third-order valence-electron chi connectivity index (χ3n) is 5.32. The summed E-state index contributed by atoms with van der Waals surface area (Å²) in [4.78, 5) is 16.7. The first-order chi connectivity index (χ1) is 13.5. The number of carbonyl (C=O) groups is 1. The number of amides is 1. The molecule has 3 rings (SSSR count). The van der Waals surface area contributed by atoms with E-state index in [0.717, 1.165) is 42.6 Å². The van der Waals surface area contributed by atoms with Gasteiger partial charge in [0.2, 0.25) is 0 Å². The zero-order valence-electron chi connectivity index (χ0n) is 16.7. The molecule has 0 bridgehead atoms. The lowest BCUT2D eigenvalue weighted by molar-refractivity contribution is 0.0889. The Balaban J connectivity index is 1.49. The highest BCUT2D eigenvalue weighted by Crippen LogP contribution is 2.25. The summed E-state index contributed by atoms with van der Waals surface area (Å²) >= 11 is 0. The topological polar surface area (TPSA) is 75.0 Å². The van der Waals surface area contributed by atoms with Crippen molar-refractivity contribution in [2.24, 2.45) is 0 Å². The van der Waals surface area contributed by atoms with E-state index in [4.69, 9.17) is 10.00 Å². The molecule has 0 saturated heterocycles. The van der Waals surface area contributed by atoms with E-state index in [9.17, 15) is 4.79 Å². The van der Waals surface area contributed by atoms with Gasteiger partial charge >= 0.3 is 0 Å². The molecule has 2 aromatic rings. The molecule has 5 nitrogen and oxygen atoms in total. The molecule has 1 heterocycles.